The number of hydrogen-bond donors (Lipinski definition) is 2. The van der Waals surface area contributed by atoms with Gasteiger partial charge in [-0.3, -0.25) is 14.4 Å². The summed E-state index contributed by atoms with van der Waals surface area (Å²) in [5.74, 6) is -0.311. The maximum absolute atomic E-state index is 12.0. The zero-order valence-corrected chi connectivity index (χ0v) is 16.2. The monoisotopic (exact) mass is 373 g/mol. The van der Waals surface area contributed by atoms with Crippen molar-refractivity contribution in [2.45, 2.75) is 65.3 Å². The van der Waals surface area contributed by atoms with Crippen LogP contribution in [0.4, 0.5) is 0 Å². The summed E-state index contributed by atoms with van der Waals surface area (Å²) >= 11 is 0. The van der Waals surface area contributed by atoms with E-state index in [-0.39, 0.29) is 30.5 Å². The molecule has 1 saturated carbocycles. The number of carbonyl (C=O) groups is 2. The second kappa shape index (κ2) is 9.36. The SMILES string of the molecule is Cc1[nH]c(=O)c(C#N)c(C)c1CCC(=O)OCC(=O)N[C@H]1CCCC[C@H]1C. The van der Waals surface area contributed by atoms with Gasteiger partial charge >= 0.3 is 5.97 Å². The molecule has 0 saturated heterocycles. The van der Waals surface area contributed by atoms with Crippen LogP contribution in [-0.4, -0.2) is 29.5 Å². The van der Waals surface area contributed by atoms with E-state index in [0.29, 0.717) is 23.6 Å². The largest absolute Gasteiger partial charge is 0.456 e. The van der Waals surface area contributed by atoms with Crippen molar-refractivity contribution in [3.8, 4) is 6.07 Å². The topological polar surface area (TPSA) is 112 Å². The van der Waals surface area contributed by atoms with Crippen molar-refractivity contribution < 1.29 is 14.3 Å². The highest BCUT2D eigenvalue weighted by Gasteiger charge is 2.23. The van der Waals surface area contributed by atoms with Crippen LogP contribution in [0, 0.1) is 31.1 Å². The van der Waals surface area contributed by atoms with Crippen LogP contribution in [0.25, 0.3) is 0 Å². The molecule has 1 aliphatic rings. The minimum atomic E-state index is -0.481. The summed E-state index contributed by atoms with van der Waals surface area (Å²) in [4.78, 5) is 38.3. The summed E-state index contributed by atoms with van der Waals surface area (Å²) in [6.07, 6.45) is 4.78. The number of nitriles is 1. The number of nitrogens with one attached hydrogen (secondary N) is 2. The smallest absolute Gasteiger partial charge is 0.306 e. The number of hydrogen-bond acceptors (Lipinski definition) is 5. The lowest BCUT2D eigenvalue weighted by Crippen LogP contribution is -2.42. The maximum Gasteiger partial charge on any atom is 0.306 e. The molecule has 7 nitrogen and oxygen atoms in total. The molecule has 7 heteroatoms. The van der Waals surface area contributed by atoms with E-state index in [0.717, 1.165) is 24.8 Å². The van der Waals surface area contributed by atoms with Gasteiger partial charge in [0.25, 0.3) is 11.5 Å². The standard InChI is InChI=1S/C20H27N3O4/c1-12-6-4-5-7-17(12)23-18(24)11-27-19(25)9-8-15-13(2)16(10-21)20(26)22-14(15)3/h12,17H,4-9,11H2,1-3H3,(H,22,26)(H,23,24)/t12-,17+/m1/s1. The summed E-state index contributed by atoms with van der Waals surface area (Å²) in [6, 6.07) is 2.04. The number of esters is 1. The highest BCUT2D eigenvalue weighted by Crippen LogP contribution is 2.23. The summed E-state index contributed by atoms with van der Waals surface area (Å²) in [5.41, 5.74) is 1.60. The van der Waals surface area contributed by atoms with Crippen molar-refractivity contribution in [3.05, 3.63) is 32.7 Å². The minimum absolute atomic E-state index is 0.0601. The van der Waals surface area contributed by atoms with E-state index in [1.54, 1.807) is 13.8 Å². The van der Waals surface area contributed by atoms with Gasteiger partial charge < -0.3 is 15.0 Å². The lowest BCUT2D eigenvalue weighted by molar-refractivity contribution is -0.148. The van der Waals surface area contributed by atoms with Gasteiger partial charge in [-0.1, -0.05) is 19.8 Å². The van der Waals surface area contributed by atoms with Crippen LogP contribution < -0.4 is 10.9 Å². The van der Waals surface area contributed by atoms with E-state index < -0.39 is 11.5 Å². The molecule has 1 heterocycles. The Morgan fingerprint density at radius 1 is 1.30 bits per heavy atom. The molecular weight excluding hydrogens is 346 g/mol. The van der Waals surface area contributed by atoms with E-state index in [4.69, 9.17) is 10.00 Å². The fraction of sp³-hybridized carbons (Fsp3) is 0.600. The van der Waals surface area contributed by atoms with E-state index in [9.17, 15) is 14.4 Å². The number of aryl methyl sites for hydroxylation is 1. The lowest BCUT2D eigenvalue weighted by atomic mass is 9.86. The Bertz CT molecular complexity index is 807. The molecule has 2 N–H and O–H groups in total. The Morgan fingerprint density at radius 3 is 2.67 bits per heavy atom. The third kappa shape index (κ3) is 5.43. The van der Waals surface area contributed by atoms with Gasteiger partial charge in [-0.15, -0.1) is 0 Å². The highest BCUT2D eigenvalue weighted by molar-refractivity contribution is 5.80. The highest BCUT2D eigenvalue weighted by atomic mass is 16.5. The van der Waals surface area contributed by atoms with Gasteiger partial charge in [-0.25, -0.2) is 0 Å². The first-order valence-corrected chi connectivity index (χ1v) is 9.41. The maximum atomic E-state index is 12.0. The first kappa shape index (κ1) is 20.7. The average Bonchev–Trinajstić information content (AvgIpc) is 2.62. The van der Waals surface area contributed by atoms with Gasteiger partial charge in [0.05, 0.1) is 0 Å². The fourth-order valence-corrected chi connectivity index (χ4v) is 3.64. The normalized spacial score (nSPS) is 19.2. The van der Waals surface area contributed by atoms with Crippen LogP contribution in [0.15, 0.2) is 4.79 Å². The number of amides is 1. The van der Waals surface area contributed by atoms with Crippen molar-refractivity contribution >= 4 is 11.9 Å². The Morgan fingerprint density at radius 2 is 2.00 bits per heavy atom. The molecule has 1 aliphatic carbocycles. The quantitative estimate of drug-likeness (QED) is 0.741. The van der Waals surface area contributed by atoms with E-state index in [1.165, 1.54) is 6.42 Å². The van der Waals surface area contributed by atoms with E-state index in [2.05, 4.69) is 17.2 Å². The Labute approximate surface area is 159 Å². The molecule has 0 bridgehead atoms. The zero-order valence-electron chi connectivity index (χ0n) is 16.2. The van der Waals surface area contributed by atoms with E-state index in [1.807, 2.05) is 6.07 Å². The minimum Gasteiger partial charge on any atom is -0.456 e. The molecule has 1 aromatic rings. The lowest BCUT2D eigenvalue weighted by Gasteiger charge is -2.29. The van der Waals surface area contributed by atoms with Gasteiger partial charge in [0.15, 0.2) is 6.61 Å². The molecule has 27 heavy (non-hydrogen) atoms. The van der Waals surface area contributed by atoms with Gasteiger partial charge in [0.2, 0.25) is 0 Å². The molecule has 1 aromatic heterocycles. The van der Waals surface area contributed by atoms with E-state index >= 15 is 0 Å². The van der Waals surface area contributed by atoms with Crippen LogP contribution in [0.2, 0.25) is 0 Å². The first-order chi connectivity index (χ1) is 12.8. The number of H-pyrrole nitrogens is 1. The van der Waals surface area contributed by atoms with Crippen molar-refractivity contribution in [3.63, 3.8) is 0 Å². The molecule has 0 unspecified atom stereocenters. The van der Waals surface area contributed by atoms with Gasteiger partial charge in [-0.2, -0.15) is 5.26 Å². The number of aromatic amines is 1. The molecule has 0 aliphatic heterocycles. The van der Waals surface area contributed by atoms with Crippen molar-refractivity contribution in [2.24, 2.45) is 5.92 Å². The molecule has 1 amide bonds. The Hall–Kier alpha value is -2.62. The fourth-order valence-electron chi connectivity index (χ4n) is 3.64. The van der Waals surface area contributed by atoms with Crippen LogP contribution in [-0.2, 0) is 20.7 Å². The number of nitrogens with zero attached hydrogens (tertiary/aromatic N) is 1. The number of carbonyl (C=O) groups excluding carboxylic acids is 2. The van der Waals surface area contributed by atoms with Crippen LogP contribution in [0.1, 0.15) is 61.4 Å². The zero-order chi connectivity index (χ0) is 20.0. The van der Waals surface area contributed by atoms with Crippen molar-refractivity contribution in [2.75, 3.05) is 6.61 Å². The summed E-state index contributed by atoms with van der Waals surface area (Å²) in [7, 11) is 0. The van der Waals surface area contributed by atoms with Crippen molar-refractivity contribution in [1.82, 2.24) is 10.3 Å². The summed E-state index contributed by atoms with van der Waals surface area (Å²) < 4.78 is 5.07. The van der Waals surface area contributed by atoms with Gasteiger partial charge in [0.1, 0.15) is 11.6 Å². The van der Waals surface area contributed by atoms with Crippen LogP contribution >= 0.6 is 0 Å². The number of pyridine rings is 1. The first-order valence-electron chi connectivity index (χ1n) is 9.41. The third-order valence-corrected chi connectivity index (χ3v) is 5.32. The van der Waals surface area contributed by atoms with Gasteiger partial charge in [0, 0.05) is 18.2 Å². The molecule has 0 radical (unpaired) electrons. The Kier molecular flexibility index (Phi) is 7.17. The number of rotatable bonds is 6. The second-order valence-electron chi connectivity index (χ2n) is 7.27. The molecule has 146 valence electrons. The van der Waals surface area contributed by atoms with Crippen LogP contribution in [0.3, 0.4) is 0 Å². The number of aromatic nitrogens is 1. The molecule has 0 spiro atoms. The molecule has 2 atom stereocenters. The predicted molar refractivity (Wildman–Crippen MR) is 100 cm³/mol. The predicted octanol–water partition coefficient (Wildman–Crippen LogP) is 2.03. The van der Waals surface area contributed by atoms with Gasteiger partial charge in [-0.05, 0) is 50.2 Å². The summed E-state index contributed by atoms with van der Waals surface area (Å²) in [5, 5.41) is 12.0. The van der Waals surface area contributed by atoms with Crippen molar-refractivity contribution in [1.29, 1.82) is 5.26 Å². The third-order valence-electron chi connectivity index (χ3n) is 5.32. The molecule has 0 aromatic carbocycles. The van der Waals surface area contributed by atoms with Crippen LogP contribution in [0.5, 0.6) is 0 Å². The summed E-state index contributed by atoms with van der Waals surface area (Å²) in [6.45, 7) is 5.27. The molecule has 2 rings (SSSR count). The number of ether oxygens (including phenoxy) is 1. The molecular formula is C20H27N3O4. The average molecular weight is 373 g/mol. The Balaban J connectivity index is 1.84. The molecule has 1 fully saturated rings. The second-order valence-corrected chi connectivity index (χ2v) is 7.27.